The van der Waals surface area contributed by atoms with E-state index in [4.69, 9.17) is 4.74 Å². The lowest BCUT2D eigenvalue weighted by atomic mass is 9.93. The van der Waals surface area contributed by atoms with Gasteiger partial charge in [-0.15, -0.1) is 0 Å². The predicted molar refractivity (Wildman–Crippen MR) is 59.0 cm³/mol. The second-order valence-corrected chi connectivity index (χ2v) is 4.53. The smallest absolute Gasteiger partial charge is 0.123 e. The maximum absolute atomic E-state index is 12.8. The van der Waals surface area contributed by atoms with Gasteiger partial charge in [-0.3, -0.25) is 0 Å². The molecule has 0 saturated carbocycles. The van der Waals surface area contributed by atoms with Crippen LogP contribution < -0.4 is 0 Å². The lowest BCUT2D eigenvalue weighted by molar-refractivity contribution is -0.161. The molecular formula is C13H15FO. The standard InChI is InChI=1S/C13H15FO/c1-13(2)9-12(15-13)7-6-10-4-3-5-11(14)8-10/h3-8,12H,9H2,1-2H3. The Bertz CT molecular complexity index is 374. The SMILES string of the molecule is CC1(C)CC(C=Cc2cccc(F)c2)O1. The normalized spacial score (nSPS) is 24.1. The fraction of sp³-hybridized carbons (Fsp3) is 0.385. The summed E-state index contributed by atoms with van der Waals surface area (Å²) in [6, 6.07) is 6.55. The van der Waals surface area contributed by atoms with Crippen LogP contribution in [0.2, 0.25) is 0 Å². The molecule has 1 atom stereocenters. The number of hydrogen-bond donors (Lipinski definition) is 0. The van der Waals surface area contributed by atoms with Crippen LogP contribution in [-0.4, -0.2) is 11.7 Å². The Hall–Kier alpha value is -1.15. The van der Waals surface area contributed by atoms with Crippen molar-refractivity contribution in [3.05, 3.63) is 41.7 Å². The van der Waals surface area contributed by atoms with Gasteiger partial charge in [-0.05, 0) is 31.5 Å². The second kappa shape index (κ2) is 3.78. The van der Waals surface area contributed by atoms with Gasteiger partial charge < -0.3 is 4.74 Å². The van der Waals surface area contributed by atoms with Crippen molar-refractivity contribution in [2.75, 3.05) is 0 Å². The highest BCUT2D eigenvalue weighted by atomic mass is 19.1. The van der Waals surface area contributed by atoms with Crippen molar-refractivity contribution >= 4 is 6.08 Å². The summed E-state index contributed by atoms with van der Waals surface area (Å²) in [5, 5.41) is 0. The van der Waals surface area contributed by atoms with Gasteiger partial charge in [0.25, 0.3) is 0 Å². The Labute approximate surface area is 89.6 Å². The highest BCUT2D eigenvalue weighted by Gasteiger charge is 2.35. The molecule has 1 nitrogen and oxygen atoms in total. The Balaban J connectivity index is 1.95. The Morgan fingerprint density at radius 2 is 2.20 bits per heavy atom. The minimum Gasteiger partial charge on any atom is -0.368 e. The van der Waals surface area contributed by atoms with E-state index in [1.54, 1.807) is 6.07 Å². The lowest BCUT2D eigenvalue weighted by Gasteiger charge is -2.41. The van der Waals surface area contributed by atoms with Gasteiger partial charge in [0.15, 0.2) is 0 Å². The first kappa shape index (κ1) is 10.4. The minimum absolute atomic E-state index is 0.0109. The number of benzene rings is 1. The fourth-order valence-corrected chi connectivity index (χ4v) is 1.82. The average Bonchev–Trinajstić information content (AvgIpc) is 2.11. The van der Waals surface area contributed by atoms with E-state index in [2.05, 4.69) is 13.8 Å². The first-order chi connectivity index (χ1) is 7.05. The monoisotopic (exact) mass is 206 g/mol. The molecule has 0 amide bonds. The van der Waals surface area contributed by atoms with Gasteiger partial charge in [-0.25, -0.2) is 4.39 Å². The summed E-state index contributed by atoms with van der Waals surface area (Å²) in [7, 11) is 0. The van der Waals surface area contributed by atoms with E-state index in [9.17, 15) is 4.39 Å². The number of ether oxygens (including phenoxy) is 1. The number of rotatable bonds is 2. The number of halogens is 1. The molecule has 80 valence electrons. The van der Waals surface area contributed by atoms with Crippen molar-refractivity contribution in [2.45, 2.75) is 32.0 Å². The zero-order valence-electron chi connectivity index (χ0n) is 9.03. The van der Waals surface area contributed by atoms with Crippen LogP contribution in [0.25, 0.3) is 6.08 Å². The van der Waals surface area contributed by atoms with Crippen molar-refractivity contribution in [3.8, 4) is 0 Å². The summed E-state index contributed by atoms with van der Waals surface area (Å²) >= 11 is 0. The van der Waals surface area contributed by atoms with Crippen LogP contribution in [0.15, 0.2) is 30.3 Å². The van der Waals surface area contributed by atoms with E-state index in [1.807, 2.05) is 18.2 Å². The average molecular weight is 206 g/mol. The van der Waals surface area contributed by atoms with Crippen molar-refractivity contribution in [1.82, 2.24) is 0 Å². The third-order valence-corrected chi connectivity index (χ3v) is 2.52. The van der Waals surface area contributed by atoms with Gasteiger partial charge in [0, 0.05) is 6.42 Å². The lowest BCUT2D eigenvalue weighted by Crippen LogP contribution is -2.44. The molecule has 1 fully saturated rings. The van der Waals surface area contributed by atoms with E-state index in [0.29, 0.717) is 0 Å². The van der Waals surface area contributed by atoms with Gasteiger partial charge in [0.05, 0.1) is 11.7 Å². The van der Waals surface area contributed by atoms with Crippen molar-refractivity contribution in [3.63, 3.8) is 0 Å². The summed E-state index contributed by atoms with van der Waals surface area (Å²) in [6.45, 7) is 4.14. The van der Waals surface area contributed by atoms with Crippen molar-refractivity contribution < 1.29 is 9.13 Å². The summed E-state index contributed by atoms with van der Waals surface area (Å²) in [6.07, 6.45) is 5.10. The van der Waals surface area contributed by atoms with Crippen LogP contribution in [0, 0.1) is 5.82 Å². The summed E-state index contributed by atoms with van der Waals surface area (Å²) in [5.41, 5.74) is 0.889. The molecule has 1 aromatic rings. The highest BCUT2D eigenvalue weighted by molar-refractivity contribution is 5.49. The molecule has 0 N–H and O–H groups in total. The van der Waals surface area contributed by atoms with E-state index >= 15 is 0 Å². The van der Waals surface area contributed by atoms with E-state index < -0.39 is 0 Å². The van der Waals surface area contributed by atoms with Crippen molar-refractivity contribution in [1.29, 1.82) is 0 Å². The van der Waals surface area contributed by atoms with Gasteiger partial charge in [0.2, 0.25) is 0 Å². The van der Waals surface area contributed by atoms with E-state index in [-0.39, 0.29) is 17.5 Å². The molecule has 1 unspecified atom stereocenters. The summed E-state index contributed by atoms with van der Waals surface area (Å²) < 4.78 is 18.4. The second-order valence-electron chi connectivity index (χ2n) is 4.53. The third kappa shape index (κ3) is 2.66. The fourth-order valence-electron chi connectivity index (χ4n) is 1.82. The van der Waals surface area contributed by atoms with Crippen LogP contribution >= 0.6 is 0 Å². The van der Waals surface area contributed by atoms with Crippen LogP contribution in [-0.2, 0) is 4.74 Å². The highest BCUT2D eigenvalue weighted by Crippen LogP contribution is 2.32. The van der Waals surface area contributed by atoms with Crippen LogP contribution in [0.4, 0.5) is 4.39 Å². The van der Waals surface area contributed by atoms with Crippen LogP contribution in [0.1, 0.15) is 25.8 Å². The molecular weight excluding hydrogens is 191 g/mol. The molecule has 0 spiro atoms. The van der Waals surface area contributed by atoms with Gasteiger partial charge in [-0.1, -0.05) is 24.3 Å². The van der Waals surface area contributed by atoms with Crippen LogP contribution in [0.5, 0.6) is 0 Å². The molecule has 15 heavy (non-hydrogen) atoms. The van der Waals surface area contributed by atoms with Gasteiger partial charge in [-0.2, -0.15) is 0 Å². The molecule has 2 rings (SSSR count). The third-order valence-electron chi connectivity index (χ3n) is 2.52. The topological polar surface area (TPSA) is 9.23 Å². The maximum Gasteiger partial charge on any atom is 0.123 e. The molecule has 1 aromatic carbocycles. The molecule has 2 heteroatoms. The quantitative estimate of drug-likeness (QED) is 0.720. The van der Waals surface area contributed by atoms with Crippen molar-refractivity contribution in [2.24, 2.45) is 0 Å². The number of hydrogen-bond acceptors (Lipinski definition) is 1. The molecule has 1 heterocycles. The maximum atomic E-state index is 12.8. The zero-order valence-corrected chi connectivity index (χ0v) is 9.03. The summed E-state index contributed by atoms with van der Waals surface area (Å²) in [4.78, 5) is 0. The Morgan fingerprint density at radius 1 is 1.47 bits per heavy atom. The Morgan fingerprint density at radius 3 is 2.80 bits per heavy atom. The molecule has 1 saturated heterocycles. The summed E-state index contributed by atoms with van der Waals surface area (Å²) in [5.74, 6) is -0.202. The first-order valence-electron chi connectivity index (χ1n) is 5.17. The molecule has 0 aromatic heterocycles. The molecule has 1 aliphatic rings. The van der Waals surface area contributed by atoms with Gasteiger partial charge >= 0.3 is 0 Å². The first-order valence-corrected chi connectivity index (χ1v) is 5.17. The van der Waals surface area contributed by atoms with Gasteiger partial charge in [0.1, 0.15) is 5.82 Å². The van der Waals surface area contributed by atoms with E-state index in [0.717, 1.165) is 12.0 Å². The van der Waals surface area contributed by atoms with E-state index in [1.165, 1.54) is 12.1 Å². The van der Waals surface area contributed by atoms with Crippen LogP contribution in [0.3, 0.4) is 0 Å². The largest absolute Gasteiger partial charge is 0.368 e. The minimum atomic E-state index is -0.202. The molecule has 0 aliphatic carbocycles. The zero-order chi connectivity index (χ0) is 10.9. The molecule has 0 bridgehead atoms. The molecule has 0 radical (unpaired) electrons. The Kier molecular flexibility index (Phi) is 2.61. The molecule has 1 aliphatic heterocycles. The predicted octanol–water partition coefficient (Wildman–Crippen LogP) is 3.41.